The Morgan fingerprint density at radius 3 is 0.790 bits per heavy atom. The highest BCUT2D eigenvalue weighted by molar-refractivity contribution is 6.76. The first-order valence-electron chi connectivity index (χ1n) is 33.7. The van der Waals surface area contributed by atoms with E-state index in [4.69, 9.17) is 75.8 Å². The molecular weight excluding hydrogens is 1380 g/mol. The molecule has 7 aromatic rings. The van der Waals surface area contributed by atoms with Gasteiger partial charge in [0.25, 0.3) is 0 Å². The van der Waals surface area contributed by atoms with E-state index in [1.54, 1.807) is 127 Å². The Labute approximate surface area is 605 Å². The van der Waals surface area contributed by atoms with E-state index in [-0.39, 0.29) is 45.6 Å². The Kier molecular flexibility index (Phi) is 26.8. The maximum Gasteiger partial charge on any atom is 0.338 e. The van der Waals surface area contributed by atoms with Gasteiger partial charge in [0.1, 0.15) is 24.9 Å². The molecule has 3 fully saturated rings. The first-order chi connectivity index (χ1) is 50.6. The molecule has 0 amide bonds. The van der Waals surface area contributed by atoms with Crippen LogP contribution < -0.4 is 0 Å². The molecule has 0 unspecified atom stereocenters. The second-order valence-corrected chi connectivity index (χ2v) is 31.2. The molecule has 7 aromatic carbocycles. The number of esters is 10. The first-order valence-corrected chi connectivity index (χ1v) is 37.4. The van der Waals surface area contributed by atoms with Crippen LogP contribution in [0.25, 0.3) is 0 Å². The zero-order valence-electron chi connectivity index (χ0n) is 58.0. The molecule has 10 rings (SSSR count). The Morgan fingerprint density at radius 1 is 0.276 bits per heavy atom. The SMILES string of the molecule is CC(=O)O[C@H]1[C@@H](OC(C)=O)[C@@H](CO[C@@H]2O[C@H](COC(=O)c3ccccc3)[C@H](OC(=O)c3ccccc3)[C@H](OC(=O)c3ccccc3)[C@H]2OC(=O)c2ccccc2)O[C@@H](OC[C@H]2O[C@@H](OCC[Si](C)(C)C)[C@H](OC(=O)c3ccccc3)[C@@H](OC(=O)c3ccccc3)[C@H]2OC(=O)c2ccccc2)[C@@H]1OC(C)=O. The van der Waals surface area contributed by atoms with Crippen LogP contribution in [0.15, 0.2) is 212 Å². The van der Waals surface area contributed by atoms with E-state index < -0.39 is 180 Å². The molecule has 26 nitrogen and oxygen atoms in total. The summed E-state index contributed by atoms with van der Waals surface area (Å²) in [6.45, 7) is 6.86. The fourth-order valence-electron chi connectivity index (χ4n) is 11.5. The minimum absolute atomic E-state index is 0.0109. The van der Waals surface area contributed by atoms with Crippen molar-refractivity contribution < 1.29 is 124 Å². The van der Waals surface area contributed by atoms with Crippen LogP contribution in [0.2, 0.25) is 25.7 Å². The summed E-state index contributed by atoms with van der Waals surface area (Å²) in [6, 6.07) is 54.6. The van der Waals surface area contributed by atoms with Crippen molar-refractivity contribution in [3.05, 3.63) is 251 Å². The molecule has 0 aliphatic carbocycles. The van der Waals surface area contributed by atoms with Gasteiger partial charge < -0.3 is 75.8 Å². The van der Waals surface area contributed by atoms with Crippen LogP contribution in [0.3, 0.4) is 0 Å². The highest BCUT2D eigenvalue weighted by Gasteiger charge is 2.58. The molecule has 0 radical (unpaired) electrons. The van der Waals surface area contributed by atoms with Crippen LogP contribution in [-0.4, -0.2) is 186 Å². The molecule has 105 heavy (non-hydrogen) atoms. The van der Waals surface area contributed by atoms with Gasteiger partial charge in [-0.2, -0.15) is 0 Å². The minimum atomic E-state index is -2.01. The third-order valence-electron chi connectivity index (χ3n) is 16.6. The second kappa shape index (κ2) is 36.6. The maximum atomic E-state index is 14.6. The third kappa shape index (κ3) is 21.2. The fourth-order valence-corrected chi connectivity index (χ4v) is 12.2. The van der Waals surface area contributed by atoms with Crippen LogP contribution in [0.5, 0.6) is 0 Å². The summed E-state index contributed by atoms with van der Waals surface area (Å²) in [6.07, 6.45) is -27.3. The molecule has 550 valence electrons. The van der Waals surface area contributed by atoms with Crippen LogP contribution in [-0.2, 0) is 90.2 Å². The van der Waals surface area contributed by atoms with Gasteiger partial charge in [0.15, 0.2) is 73.8 Å². The molecule has 3 aliphatic rings. The Hall–Kier alpha value is -10.8. The van der Waals surface area contributed by atoms with Gasteiger partial charge in [-0.15, -0.1) is 0 Å². The summed E-state index contributed by atoms with van der Waals surface area (Å²) in [5.74, 6) is -9.77. The van der Waals surface area contributed by atoms with Crippen LogP contribution in [0.1, 0.15) is 93.3 Å². The summed E-state index contributed by atoms with van der Waals surface area (Å²) < 4.78 is 101. The zero-order valence-corrected chi connectivity index (χ0v) is 59.0. The number of carbonyl (C=O) groups is 10. The van der Waals surface area contributed by atoms with E-state index in [9.17, 15) is 47.9 Å². The lowest BCUT2D eigenvalue weighted by Gasteiger charge is -2.47. The molecule has 3 heterocycles. The van der Waals surface area contributed by atoms with Crippen molar-refractivity contribution in [2.45, 2.75) is 139 Å². The molecule has 0 saturated carbocycles. The van der Waals surface area contributed by atoms with Gasteiger partial charge in [0, 0.05) is 35.5 Å². The van der Waals surface area contributed by atoms with Crippen LogP contribution in [0.4, 0.5) is 0 Å². The third-order valence-corrected chi connectivity index (χ3v) is 18.3. The second-order valence-electron chi connectivity index (χ2n) is 25.6. The van der Waals surface area contributed by atoms with E-state index in [1.807, 2.05) is 0 Å². The molecule has 0 N–H and O–H groups in total. The average molecular weight is 1460 g/mol. The quantitative estimate of drug-likeness (QED) is 0.0250. The van der Waals surface area contributed by atoms with Gasteiger partial charge in [-0.3, -0.25) is 14.4 Å². The van der Waals surface area contributed by atoms with Gasteiger partial charge in [-0.25, -0.2) is 33.6 Å². The van der Waals surface area contributed by atoms with Crippen LogP contribution in [0, 0.1) is 0 Å². The molecule has 27 heteroatoms. The van der Waals surface area contributed by atoms with Gasteiger partial charge in [0.05, 0.1) is 52.2 Å². The first kappa shape index (κ1) is 76.8. The highest BCUT2D eigenvalue weighted by Crippen LogP contribution is 2.37. The minimum Gasteiger partial charge on any atom is -0.459 e. The Balaban J connectivity index is 1.06. The lowest BCUT2D eigenvalue weighted by Crippen LogP contribution is -2.66. The molecule has 0 aromatic heterocycles. The number of hydrogen-bond donors (Lipinski definition) is 0. The standard InChI is InChI=1S/C78H78O26Si/c1-47(79)93-60-58(45-92-78-68(104-75(88)56-40-26-13-27-41-56)65(102-73(86)54-36-22-11-23-37-54)61(99-70(83)51-30-16-8-17-31-51)57(97-78)44-90-69(82)50-28-14-7-15-29-50)98-77(66(95-49(3)81)63(60)94-48(2)80)91-46-59-62(100-71(84)52-32-18-9-19-33-52)64(101-72(85)53-34-20-10-21-35-53)67(76(96-59)89-42-43-105(4,5)6)103-74(87)55-38-24-12-25-39-55/h7-41,57-68,76-78H,42-46H2,1-6H3/t57-,58-,59-,60+,61+,62+,63+,64+,65+,66-,67-,68-,76-,77-,78-/m1/s1. The smallest absolute Gasteiger partial charge is 0.338 e. The maximum absolute atomic E-state index is 14.6. The fraction of sp³-hybridized carbons (Fsp3) is 0.333. The molecular formula is C78H78O26Si. The van der Waals surface area contributed by atoms with Gasteiger partial charge in [-0.1, -0.05) is 147 Å². The van der Waals surface area contributed by atoms with E-state index in [1.165, 1.54) is 84.9 Å². The van der Waals surface area contributed by atoms with E-state index >= 15 is 0 Å². The molecule has 0 spiro atoms. The van der Waals surface area contributed by atoms with Gasteiger partial charge >= 0.3 is 59.7 Å². The Bertz CT molecular complexity index is 4080. The van der Waals surface area contributed by atoms with Crippen LogP contribution >= 0.6 is 0 Å². The lowest BCUT2D eigenvalue weighted by molar-refractivity contribution is -0.342. The van der Waals surface area contributed by atoms with E-state index in [2.05, 4.69) is 19.6 Å². The van der Waals surface area contributed by atoms with Crippen molar-refractivity contribution in [3.8, 4) is 0 Å². The molecule has 0 bridgehead atoms. The normalized spacial score (nSPS) is 24.2. The van der Waals surface area contributed by atoms with Crippen molar-refractivity contribution >= 4 is 67.8 Å². The van der Waals surface area contributed by atoms with Crippen molar-refractivity contribution in [2.75, 3.05) is 26.4 Å². The molecule has 3 saturated heterocycles. The summed E-state index contributed by atoms with van der Waals surface area (Å²) in [4.78, 5) is 141. The Morgan fingerprint density at radius 2 is 0.495 bits per heavy atom. The van der Waals surface area contributed by atoms with Crippen molar-refractivity contribution in [2.24, 2.45) is 0 Å². The zero-order chi connectivity index (χ0) is 74.6. The number of rotatable bonds is 28. The number of carbonyl (C=O) groups excluding carboxylic acids is 10. The molecule has 15 atom stereocenters. The summed E-state index contributed by atoms with van der Waals surface area (Å²) >= 11 is 0. The lowest BCUT2D eigenvalue weighted by atomic mass is 9.96. The van der Waals surface area contributed by atoms with Gasteiger partial charge in [-0.05, 0) is 91.0 Å². The average Bonchev–Trinajstić information content (AvgIpc) is 0.781. The number of ether oxygens (including phenoxy) is 16. The highest BCUT2D eigenvalue weighted by atomic mass is 28.3. The largest absolute Gasteiger partial charge is 0.459 e. The summed E-state index contributed by atoms with van der Waals surface area (Å²) in [5, 5.41) is 0. The van der Waals surface area contributed by atoms with Crippen molar-refractivity contribution in [1.29, 1.82) is 0 Å². The van der Waals surface area contributed by atoms with Crippen molar-refractivity contribution in [3.63, 3.8) is 0 Å². The van der Waals surface area contributed by atoms with Gasteiger partial charge in [0.2, 0.25) is 0 Å². The number of hydrogen-bond acceptors (Lipinski definition) is 26. The summed E-state index contributed by atoms with van der Waals surface area (Å²) in [5.41, 5.74) is 0.215. The number of benzene rings is 7. The molecule has 3 aliphatic heterocycles. The topological polar surface area (TPSA) is 318 Å². The van der Waals surface area contributed by atoms with Crippen molar-refractivity contribution in [1.82, 2.24) is 0 Å². The predicted octanol–water partition coefficient (Wildman–Crippen LogP) is 9.55. The van der Waals surface area contributed by atoms with E-state index in [0.717, 1.165) is 20.8 Å². The summed E-state index contributed by atoms with van der Waals surface area (Å²) in [7, 11) is -1.92. The predicted molar refractivity (Wildman–Crippen MR) is 369 cm³/mol. The monoisotopic (exact) mass is 1460 g/mol. The van der Waals surface area contributed by atoms with E-state index in [0.29, 0.717) is 6.04 Å².